The fraction of sp³-hybridized carbons (Fsp3) is 0.400. The van der Waals surface area contributed by atoms with Crippen LogP contribution in [0.5, 0.6) is 0 Å². The highest BCUT2D eigenvalue weighted by Gasteiger charge is 2.17. The van der Waals surface area contributed by atoms with Crippen LogP contribution in [0, 0.1) is 0 Å². The van der Waals surface area contributed by atoms with E-state index in [-0.39, 0.29) is 16.6 Å². The minimum atomic E-state index is -0.406. The lowest BCUT2D eigenvalue weighted by atomic mass is 10.2. The van der Waals surface area contributed by atoms with Crippen LogP contribution in [-0.4, -0.2) is 46.3 Å². The number of amides is 2. The summed E-state index contributed by atoms with van der Waals surface area (Å²) in [4.78, 5) is 36.5. The van der Waals surface area contributed by atoms with Crippen molar-refractivity contribution in [1.82, 2.24) is 14.9 Å². The Morgan fingerprint density at radius 2 is 1.86 bits per heavy atom. The van der Waals surface area contributed by atoms with Crippen molar-refractivity contribution in [2.24, 2.45) is 0 Å². The molecule has 0 spiro atoms. The van der Waals surface area contributed by atoms with E-state index in [9.17, 15) is 9.59 Å². The summed E-state index contributed by atoms with van der Waals surface area (Å²) in [6.07, 6.45) is 1.44. The highest BCUT2D eigenvalue weighted by molar-refractivity contribution is 6.34. The Kier molecular flexibility index (Phi) is 7.75. The van der Waals surface area contributed by atoms with Gasteiger partial charge in [-0.2, -0.15) is 0 Å². The summed E-state index contributed by atoms with van der Waals surface area (Å²) in [6.45, 7) is 10.0. The van der Waals surface area contributed by atoms with Crippen molar-refractivity contribution in [2.75, 3.05) is 29.9 Å². The molecule has 0 saturated carbocycles. The molecule has 2 amide bonds. The van der Waals surface area contributed by atoms with Gasteiger partial charge in [-0.3, -0.25) is 9.59 Å². The molecular weight excluding hydrogens is 378 g/mol. The third-order valence-corrected chi connectivity index (χ3v) is 4.65. The normalized spacial score (nSPS) is 10.5. The van der Waals surface area contributed by atoms with Gasteiger partial charge in [-0.1, -0.05) is 23.7 Å². The smallest absolute Gasteiger partial charge is 0.276 e. The number of rotatable bonds is 8. The van der Waals surface area contributed by atoms with Gasteiger partial charge in [0.25, 0.3) is 5.91 Å². The fourth-order valence-corrected chi connectivity index (χ4v) is 2.96. The standard InChI is InChI=1S/C20H26ClN5O2/c1-5-25(6-2)20-22-12-17(21)18(24-20)19(28)23-16-10-8-9-15(11-16)13-26(7-3)14(4)27/h8-12H,5-7,13H2,1-4H3,(H,23,28). The largest absolute Gasteiger partial charge is 0.341 e. The topological polar surface area (TPSA) is 78.4 Å². The average molecular weight is 404 g/mol. The van der Waals surface area contributed by atoms with Crippen LogP contribution in [0.3, 0.4) is 0 Å². The van der Waals surface area contributed by atoms with E-state index in [1.807, 2.05) is 43.9 Å². The Morgan fingerprint density at radius 3 is 2.46 bits per heavy atom. The molecule has 0 radical (unpaired) electrons. The van der Waals surface area contributed by atoms with Gasteiger partial charge in [-0.05, 0) is 38.5 Å². The number of nitrogens with one attached hydrogen (secondary N) is 1. The summed E-state index contributed by atoms with van der Waals surface area (Å²) >= 11 is 6.15. The zero-order chi connectivity index (χ0) is 20.7. The molecule has 0 saturated heterocycles. The van der Waals surface area contributed by atoms with Crippen LogP contribution in [0.2, 0.25) is 5.02 Å². The SMILES string of the molecule is CCN(Cc1cccc(NC(=O)c2nc(N(CC)CC)ncc2Cl)c1)C(C)=O. The number of anilines is 2. The van der Waals surface area contributed by atoms with E-state index >= 15 is 0 Å². The van der Waals surface area contributed by atoms with Crippen molar-refractivity contribution >= 4 is 35.1 Å². The summed E-state index contributed by atoms with van der Waals surface area (Å²) in [5.41, 5.74) is 1.66. The van der Waals surface area contributed by atoms with E-state index in [0.717, 1.165) is 18.7 Å². The number of halogens is 1. The molecule has 28 heavy (non-hydrogen) atoms. The molecule has 8 heteroatoms. The van der Waals surface area contributed by atoms with Crippen LogP contribution >= 0.6 is 11.6 Å². The van der Waals surface area contributed by atoms with Crippen molar-refractivity contribution in [2.45, 2.75) is 34.2 Å². The third kappa shape index (κ3) is 5.42. The molecular formula is C20H26ClN5O2. The molecule has 0 unspecified atom stereocenters. The minimum Gasteiger partial charge on any atom is -0.341 e. The maximum atomic E-state index is 12.7. The van der Waals surface area contributed by atoms with Crippen LogP contribution < -0.4 is 10.2 Å². The van der Waals surface area contributed by atoms with Gasteiger partial charge in [0.15, 0.2) is 5.69 Å². The van der Waals surface area contributed by atoms with Crippen LogP contribution in [0.25, 0.3) is 0 Å². The van der Waals surface area contributed by atoms with E-state index in [4.69, 9.17) is 11.6 Å². The van der Waals surface area contributed by atoms with Gasteiger partial charge in [0.1, 0.15) is 0 Å². The summed E-state index contributed by atoms with van der Waals surface area (Å²) in [5, 5.41) is 3.02. The first-order valence-electron chi connectivity index (χ1n) is 9.32. The van der Waals surface area contributed by atoms with Crippen molar-refractivity contribution in [1.29, 1.82) is 0 Å². The van der Waals surface area contributed by atoms with Crippen LogP contribution in [0.15, 0.2) is 30.5 Å². The number of carbonyl (C=O) groups excluding carboxylic acids is 2. The van der Waals surface area contributed by atoms with Gasteiger partial charge in [0.05, 0.1) is 11.2 Å². The molecule has 1 aromatic heterocycles. The molecule has 0 aliphatic carbocycles. The van der Waals surface area contributed by atoms with E-state index in [0.29, 0.717) is 24.7 Å². The number of hydrogen-bond donors (Lipinski definition) is 1. The minimum absolute atomic E-state index is 0.00800. The molecule has 1 N–H and O–H groups in total. The summed E-state index contributed by atoms with van der Waals surface area (Å²) in [5.74, 6) is 0.0684. The van der Waals surface area contributed by atoms with Crippen molar-refractivity contribution in [3.8, 4) is 0 Å². The van der Waals surface area contributed by atoms with Gasteiger partial charge in [-0.15, -0.1) is 0 Å². The first-order chi connectivity index (χ1) is 13.4. The van der Waals surface area contributed by atoms with E-state index < -0.39 is 5.91 Å². The Hall–Kier alpha value is -2.67. The number of benzene rings is 1. The van der Waals surface area contributed by atoms with Crippen molar-refractivity contribution < 1.29 is 9.59 Å². The Morgan fingerprint density at radius 1 is 1.14 bits per heavy atom. The zero-order valence-corrected chi connectivity index (χ0v) is 17.5. The zero-order valence-electron chi connectivity index (χ0n) is 16.7. The van der Waals surface area contributed by atoms with Gasteiger partial charge in [0, 0.05) is 38.8 Å². The van der Waals surface area contributed by atoms with Crippen LogP contribution in [-0.2, 0) is 11.3 Å². The quantitative estimate of drug-likeness (QED) is 0.728. The second-order valence-electron chi connectivity index (χ2n) is 6.23. The molecule has 2 aromatic rings. The molecule has 150 valence electrons. The lowest BCUT2D eigenvalue weighted by Gasteiger charge is -2.20. The maximum Gasteiger partial charge on any atom is 0.276 e. The molecule has 0 atom stereocenters. The molecule has 7 nitrogen and oxygen atoms in total. The molecule has 0 bridgehead atoms. The monoisotopic (exact) mass is 403 g/mol. The molecule has 1 heterocycles. The first-order valence-corrected chi connectivity index (χ1v) is 9.70. The van der Waals surface area contributed by atoms with Gasteiger partial charge >= 0.3 is 0 Å². The second-order valence-corrected chi connectivity index (χ2v) is 6.63. The van der Waals surface area contributed by atoms with Gasteiger partial charge < -0.3 is 15.1 Å². The highest BCUT2D eigenvalue weighted by Crippen LogP contribution is 2.19. The number of carbonyl (C=O) groups is 2. The Balaban J connectivity index is 2.20. The average Bonchev–Trinajstić information content (AvgIpc) is 2.68. The lowest BCUT2D eigenvalue weighted by molar-refractivity contribution is -0.129. The Labute approximate surface area is 170 Å². The predicted octanol–water partition coefficient (Wildman–Crippen LogP) is 3.60. The lowest BCUT2D eigenvalue weighted by Crippen LogP contribution is -2.27. The third-order valence-electron chi connectivity index (χ3n) is 4.38. The summed E-state index contributed by atoms with van der Waals surface area (Å²) < 4.78 is 0. The molecule has 0 aliphatic rings. The number of hydrogen-bond acceptors (Lipinski definition) is 5. The molecule has 2 rings (SSSR count). The number of nitrogens with zero attached hydrogens (tertiary/aromatic N) is 4. The van der Waals surface area contributed by atoms with E-state index in [1.54, 1.807) is 17.9 Å². The van der Waals surface area contributed by atoms with Crippen LogP contribution in [0.4, 0.5) is 11.6 Å². The number of aromatic nitrogens is 2. The van der Waals surface area contributed by atoms with Crippen molar-refractivity contribution in [3.63, 3.8) is 0 Å². The maximum absolute atomic E-state index is 12.7. The summed E-state index contributed by atoms with van der Waals surface area (Å²) in [7, 11) is 0. The van der Waals surface area contributed by atoms with Gasteiger partial charge in [0.2, 0.25) is 11.9 Å². The fourth-order valence-electron chi connectivity index (χ4n) is 2.78. The molecule has 0 fully saturated rings. The summed E-state index contributed by atoms with van der Waals surface area (Å²) in [6, 6.07) is 7.37. The molecule has 1 aromatic carbocycles. The Bertz CT molecular complexity index is 839. The molecule has 0 aliphatic heterocycles. The first kappa shape index (κ1) is 21.6. The van der Waals surface area contributed by atoms with E-state index in [2.05, 4.69) is 15.3 Å². The van der Waals surface area contributed by atoms with E-state index in [1.165, 1.54) is 6.20 Å². The predicted molar refractivity (Wildman–Crippen MR) is 112 cm³/mol. The van der Waals surface area contributed by atoms with Crippen molar-refractivity contribution in [3.05, 3.63) is 46.7 Å². The second kappa shape index (κ2) is 10.0. The van der Waals surface area contributed by atoms with Crippen LogP contribution in [0.1, 0.15) is 43.7 Å². The van der Waals surface area contributed by atoms with Gasteiger partial charge in [-0.25, -0.2) is 9.97 Å². The highest BCUT2D eigenvalue weighted by atomic mass is 35.5.